The molecule has 0 aliphatic heterocycles. The first-order chi connectivity index (χ1) is 11.5. The summed E-state index contributed by atoms with van der Waals surface area (Å²) in [5.41, 5.74) is 3.11. The van der Waals surface area contributed by atoms with Crippen LogP contribution in [0.2, 0.25) is 0 Å². The maximum absolute atomic E-state index is 5.05. The second-order valence-electron chi connectivity index (χ2n) is 6.07. The van der Waals surface area contributed by atoms with Crippen molar-refractivity contribution >= 4 is 23.3 Å². The highest BCUT2D eigenvalue weighted by Crippen LogP contribution is 2.21. The molecular formula is C18H21N5O. The van der Waals surface area contributed by atoms with E-state index in [0.29, 0.717) is 23.5 Å². The Kier molecular flexibility index (Phi) is 4.46. The van der Waals surface area contributed by atoms with Gasteiger partial charge in [0.2, 0.25) is 5.95 Å². The number of nitrogens with zero attached hydrogens (tertiary/aromatic N) is 3. The van der Waals surface area contributed by atoms with Crippen LogP contribution in [0.1, 0.15) is 36.8 Å². The van der Waals surface area contributed by atoms with Gasteiger partial charge in [-0.05, 0) is 37.5 Å². The molecule has 0 radical (unpaired) electrons. The van der Waals surface area contributed by atoms with Gasteiger partial charge in [-0.3, -0.25) is 0 Å². The molecule has 0 spiro atoms. The van der Waals surface area contributed by atoms with Crippen molar-refractivity contribution in [2.45, 2.75) is 33.6 Å². The smallest absolute Gasteiger partial charge is 0.229 e. The van der Waals surface area contributed by atoms with Gasteiger partial charge in [0.25, 0.3) is 0 Å². The van der Waals surface area contributed by atoms with E-state index < -0.39 is 0 Å². The molecular weight excluding hydrogens is 302 g/mol. The lowest BCUT2D eigenvalue weighted by atomic mass is 10.0. The normalized spacial score (nSPS) is 10.9. The van der Waals surface area contributed by atoms with Crippen LogP contribution >= 0.6 is 0 Å². The van der Waals surface area contributed by atoms with Gasteiger partial charge in [-0.25, -0.2) is 4.98 Å². The first-order valence-electron chi connectivity index (χ1n) is 7.92. The summed E-state index contributed by atoms with van der Waals surface area (Å²) in [5, 5.41) is 10.3. The van der Waals surface area contributed by atoms with Crippen molar-refractivity contribution < 1.29 is 4.52 Å². The molecule has 6 nitrogen and oxygen atoms in total. The largest absolute Gasteiger partial charge is 0.360 e. The Bertz CT molecular complexity index is 824. The molecule has 0 saturated carbocycles. The van der Waals surface area contributed by atoms with Crippen LogP contribution in [-0.4, -0.2) is 15.1 Å². The van der Waals surface area contributed by atoms with Gasteiger partial charge in [0.1, 0.15) is 11.6 Å². The fraction of sp³-hybridized carbons (Fsp3) is 0.278. The SMILES string of the molecule is Cc1cc(Nc2cc(C)on2)nc(Nc2ccc(C(C)C)cc2)n1. The molecule has 24 heavy (non-hydrogen) atoms. The van der Waals surface area contributed by atoms with E-state index in [0.717, 1.165) is 17.1 Å². The highest BCUT2D eigenvalue weighted by atomic mass is 16.5. The molecule has 2 heterocycles. The van der Waals surface area contributed by atoms with E-state index in [-0.39, 0.29) is 0 Å². The van der Waals surface area contributed by atoms with Crippen molar-refractivity contribution in [3.05, 3.63) is 53.4 Å². The Balaban J connectivity index is 1.78. The van der Waals surface area contributed by atoms with Gasteiger partial charge >= 0.3 is 0 Å². The predicted octanol–water partition coefficient (Wildman–Crippen LogP) is 4.69. The minimum absolute atomic E-state index is 0.510. The van der Waals surface area contributed by atoms with Crippen LogP contribution < -0.4 is 10.6 Å². The van der Waals surface area contributed by atoms with Crippen LogP contribution in [0.3, 0.4) is 0 Å². The Hall–Kier alpha value is -2.89. The molecule has 124 valence electrons. The van der Waals surface area contributed by atoms with Gasteiger partial charge in [0.15, 0.2) is 5.82 Å². The van der Waals surface area contributed by atoms with Crippen LogP contribution in [0.5, 0.6) is 0 Å². The van der Waals surface area contributed by atoms with Gasteiger partial charge in [-0.1, -0.05) is 31.1 Å². The number of hydrogen-bond donors (Lipinski definition) is 2. The third-order valence-corrected chi connectivity index (χ3v) is 3.57. The van der Waals surface area contributed by atoms with E-state index in [9.17, 15) is 0 Å². The average Bonchev–Trinajstić information content (AvgIpc) is 2.92. The number of rotatable bonds is 5. The van der Waals surface area contributed by atoms with Crippen LogP contribution in [0.4, 0.5) is 23.3 Å². The van der Waals surface area contributed by atoms with Gasteiger partial charge in [0, 0.05) is 23.5 Å². The van der Waals surface area contributed by atoms with E-state index in [1.165, 1.54) is 5.56 Å². The molecule has 0 aliphatic rings. The molecule has 0 aliphatic carbocycles. The third-order valence-electron chi connectivity index (χ3n) is 3.57. The highest BCUT2D eigenvalue weighted by Gasteiger charge is 2.06. The summed E-state index contributed by atoms with van der Waals surface area (Å²) in [6.45, 7) is 8.12. The summed E-state index contributed by atoms with van der Waals surface area (Å²) in [7, 11) is 0. The quantitative estimate of drug-likeness (QED) is 0.709. The molecule has 0 atom stereocenters. The van der Waals surface area contributed by atoms with E-state index in [1.54, 1.807) is 0 Å². The molecule has 3 aromatic rings. The summed E-state index contributed by atoms with van der Waals surface area (Å²) in [6, 6.07) is 12.0. The highest BCUT2D eigenvalue weighted by molar-refractivity contribution is 5.58. The Labute approximate surface area is 141 Å². The zero-order valence-corrected chi connectivity index (χ0v) is 14.3. The standard InChI is InChI=1S/C18H21N5O/c1-11(2)14-5-7-15(8-6-14)20-18-19-12(3)9-16(22-18)21-17-10-13(4)24-23-17/h5-11H,1-4H3,(H2,19,20,21,22,23). The molecule has 2 N–H and O–H groups in total. The Morgan fingerprint density at radius 3 is 2.29 bits per heavy atom. The van der Waals surface area contributed by atoms with E-state index in [1.807, 2.05) is 38.1 Å². The molecule has 0 amide bonds. The fourth-order valence-corrected chi connectivity index (χ4v) is 2.33. The van der Waals surface area contributed by atoms with Crippen LogP contribution in [0.15, 0.2) is 40.9 Å². The Morgan fingerprint density at radius 1 is 0.917 bits per heavy atom. The number of hydrogen-bond acceptors (Lipinski definition) is 6. The van der Waals surface area contributed by atoms with Crippen molar-refractivity contribution in [1.82, 2.24) is 15.1 Å². The van der Waals surface area contributed by atoms with Crippen molar-refractivity contribution in [2.75, 3.05) is 10.6 Å². The predicted molar refractivity (Wildman–Crippen MR) is 95.1 cm³/mol. The zero-order chi connectivity index (χ0) is 17.1. The molecule has 3 rings (SSSR count). The summed E-state index contributed by atoms with van der Waals surface area (Å²) in [6.07, 6.45) is 0. The van der Waals surface area contributed by atoms with Crippen molar-refractivity contribution in [2.24, 2.45) is 0 Å². The first kappa shape index (κ1) is 16.0. The summed E-state index contributed by atoms with van der Waals surface area (Å²) < 4.78 is 5.05. The first-order valence-corrected chi connectivity index (χ1v) is 7.92. The topological polar surface area (TPSA) is 75.9 Å². The van der Waals surface area contributed by atoms with Gasteiger partial charge in [0.05, 0.1) is 0 Å². The minimum atomic E-state index is 0.510. The summed E-state index contributed by atoms with van der Waals surface area (Å²) >= 11 is 0. The van der Waals surface area contributed by atoms with Crippen LogP contribution in [0.25, 0.3) is 0 Å². The number of benzene rings is 1. The number of nitrogens with one attached hydrogen (secondary N) is 2. The van der Waals surface area contributed by atoms with Crippen molar-refractivity contribution in [3.63, 3.8) is 0 Å². The van der Waals surface area contributed by atoms with Gasteiger partial charge < -0.3 is 15.2 Å². The summed E-state index contributed by atoms with van der Waals surface area (Å²) in [5.74, 6) is 3.08. The van der Waals surface area contributed by atoms with Crippen LogP contribution in [0, 0.1) is 13.8 Å². The zero-order valence-electron chi connectivity index (χ0n) is 14.3. The molecule has 0 saturated heterocycles. The molecule has 2 aromatic heterocycles. The average molecular weight is 323 g/mol. The van der Waals surface area contributed by atoms with E-state index in [2.05, 4.69) is 51.7 Å². The Morgan fingerprint density at radius 2 is 1.67 bits per heavy atom. The molecule has 0 bridgehead atoms. The molecule has 6 heteroatoms. The maximum Gasteiger partial charge on any atom is 0.229 e. The number of anilines is 4. The van der Waals surface area contributed by atoms with Crippen molar-refractivity contribution in [1.29, 1.82) is 0 Å². The van der Waals surface area contributed by atoms with Crippen molar-refractivity contribution in [3.8, 4) is 0 Å². The number of aryl methyl sites for hydroxylation is 2. The summed E-state index contributed by atoms with van der Waals surface area (Å²) in [4.78, 5) is 8.90. The fourth-order valence-electron chi connectivity index (χ4n) is 2.33. The molecule has 1 aromatic carbocycles. The molecule has 0 unspecified atom stereocenters. The monoisotopic (exact) mass is 323 g/mol. The third kappa shape index (κ3) is 3.90. The second-order valence-corrected chi connectivity index (χ2v) is 6.07. The lowest BCUT2D eigenvalue weighted by Crippen LogP contribution is -2.02. The lowest BCUT2D eigenvalue weighted by Gasteiger charge is -2.10. The molecule has 0 fully saturated rings. The number of aromatic nitrogens is 3. The lowest BCUT2D eigenvalue weighted by molar-refractivity contribution is 0.400. The van der Waals surface area contributed by atoms with Gasteiger partial charge in [-0.2, -0.15) is 4.98 Å². The van der Waals surface area contributed by atoms with Crippen LogP contribution in [-0.2, 0) is 0 Å². The van der Waals surface area contributed by atoms with Gasteiger partial charge in [-0.15, -0.1) is 0 Å². The maximum atomic E-state index is 5.05. The van der Waals surface area contributed by atoms with E-state index >= 15 is 0 Å². The van der Waals surface area contributed by atoms with E-state index in [4.69, 9.17) is 4.52 Å². The second kappa shape index (κ2) is 6.70. The minimum Gasteiger partial charge on any atom is -0.360 e.